The predicted octanol–water partition coefficient (Wildman–Crippen LogP) is 14.0. The monoisotopic (exact) mass is 1700 g/mol. The Labute approximate surface area is 702 Å². The molecule has 2 amide bonds. The van der Waals surface area contributed by atoms with Crippen LogP contribution in [0, 0.1) is 53.3 Å². The van der Waals surface area contributed by atoms with Crippen molar-refractivity contribution in [2.24, 2.45) is 63.5 Å². The number of halogens is 2. The normalized spacial score (nSPS) is 36.5. The summed E-state index contributed by atoms with van der Waals surface area (Å²) in [4.78, 5) is 125. The molecule has 0 radical (unpaired) electrons. The van der Waals surface area contributed by atoms with Crippen LogP contribution in [-0.4, -0.2) is 250 Å². The van der Waals surface area contributed by atoms with E-state index in [1.165, 1.54) is 50.0 Å². The van der Waals surface area contributed by atoms with Gasteiger partial charge in [0, 0.05) is 110 Å². The smallest absolute Gasteiger partial charge is 0.410 e. The first kappa shape index (κ1) is 100. The van der Waals surface area contributed by atoms with Gasteiger partial charge in [-0.3, -0.25) is 24.0 Å². The van der Waals surface area contributed by atoms with Crippen LogP contribution < -0.4 is 0 Å². The molecule has 8 rings (SSSR count). The van der Waals surface area contributed by atoms with E-state index < -0.39 is 164 Å². The summed E-state index contributed by atoms with van der Waals surface area (Å²) in [5, 5.41) is 7.14. The van der Waals surface area contributed by atoms with E-state index in [4.69, 9.17) is 58.4 Å². The zero-order valence-corrected chi connectivity index (χ0v) is 75.1. The zero-order chi connectivity index (χ0) is 89.4. The molecule has 6 fully saturated rings. The van der Waals surface area contributed by atoms with Gasteiger partial charge in [0.15, 0.2) is 35.3 Å². The molecule has 34 heteroatoms. The number of unbranched alkanes of at least 4 members (excludes halogenated alkanes) is 2. The highest BCUT2D eigenvalue weighted by Gasteiger charge is 2.64. The van der Waals surface area contributed by atoms with Gasteiger partial charge in [0.05, 0.1) is 59.1 Å². The van der Waals surface area contributed by atoms with Gasteiger partial charge in [-0.1, -0.05) is 128 Å². The fraction of sp³-hybridized carbons (Fsp3) is 0.765. The Hall–Kier alpha value is -7.33. The predicted molar refractivity (Wildman–Crippen MR) is 439 cm³/mol. The summed E-state index contributed by atoms with van der Waals surface area (Å²) in [6.45, 7) is 31.6. The highest BCUT2D eigenvalue weighted by molar-refractivity contribution is 7.89. The number of nitrogens with zero attached hydrogens (tertiary/aromatic N) is 11. The molecular formula is C85H133F2N11O20S. The number of azide groups is 2. The number of Topliss-reactive ketones (excluding diaryl/α,β-unsaturated/α-hetero) is 4. The van der Waals surface area contributed by atoms with Gasteiger partial charge in [-0.15, -0.1) is 4.48 Å². The largest absolute Gasteiger partial charge is 0.458 e. The summed E-state index contributed by atoms with van der Waals surface area (Å²) in [6, 6.07) is 14.7. The maximum atomic E-state index is 16.7. The van der Waals surface area contributed by atoms with E-state index in [0.29, 0.717) is 31.2 Å². The average Bonchev–Trinajstić information content (AvgIpc) is 1.62. The standard InChI is InChI=1S/C36H60FN5O9.C36H61N5O9.C13H12FNO2S/c1-13-26-36(9)28(42(33(46)51-36)17-15-14-16-39-40-38)23(5)27(43)20(2)19-34(7,47-12)30(24(6)29(44)35(8,37)32(45)49-26)50-31-22(4)25(41(10)11)18-21(3)48-31;1-13-27-36(9)30(41(34(45)50-36)17-15-14-16-38-39-37)23(5)28(42)20(2)19-35(8,46-12)31(24(6)29(43)25(7)32(44)48-27)49-33-22(4)26(40(10)11)18-21(3)47-33;14-15(11-12-7-3-1-4-8-12)18(16,17)13-9-5-2-6-10-13/h20-26,28,30-31H,13-19H2,1-12H3;20-27,30-31,33H,13-19H2,1-12H3;1-10H,11H2/t20-,21?,22?,23+,24+,25?,26-,28-,30-,31?,34+,35+,36-;20-,21?,22?,23+,24+,25-,26?,27-,30-,31-,33?,35+,36-;/m11./s1. The minimum atomic E-state index is -4.07. The maximum Gasteiger partial charge on any atom is 0.410 e. The Bertz CT molecular complexity index is 3980. The molecule has 31 nitrogen and oxygen atoms in total. The fourth-order valence-corrected chi connectivity index (χ4v) is 19.7. The van der Waals surface area contributed by atoms with Gasteiger partial charge in [0.25, 0.3) is 15.7 Å². The van der Waals surface area contributed by atoms with Crippen LogP contribution in [0.1, 0.15) is 194 Å². The van der Waals surface area contributed by atoms with E-state index in [0.717, 1.165) is 19.8 Å². The van der Waals surface area contributed by atoms with Crippen LogP contribution >= 0.6 is 0 Å². The van der Waals surface area contributed by atoms with Crippen molar-refractivity contribution in [2.75, 3.05) is 68.6 Å². The summed E-state index contributed by atoms with van der Waals surface area (Å²) < 4.78 is 116. The summed E-state index contributed by atoms with van der Waals surface area (Å²) in [5.41, 5.74) is 9.35. The number of carbonyl (C=O) groups is 8. The number of alkyl halides is 1. The molecule has 0 spiro atoms. The molecule has 2 aromatic rings. The molecule has 6 aliphatic rings. The Morgan fingerprint density at radius 3 is 1.34 bits per heavy atom. The number of rotatable bonds is 24. The lowest BCUT2D eigenvalue weighted by Crippen LogP contribution is -2.61. The van der Waals surface area contributed by atoms with Crippen molar-refractivity contribution in [2.45, 2.75) is 302 Å². The second kappa shape index (κ2) is 43.1. The molecule has 0 saturated carbocycles. The van der Waals surface area contributed by atoms with Gasteiger partial charge in [-0.05, 0) is 181 Å². The van der Waals surface area contributed by atoms with Crippen LogP contribution in [0.5, 0.6) is 0 Å². The van der Waals surface area contributed by atoms with E-state index in [2.05, 4.69) is 36.8 Å². The molecule has 26 atom stereocenters. The van der Waals surface area contributed by atoms with Crippen molar-refractivity contribution in [1.29, 1.82) is 0 Å². The van der Waals surface area contributed by atoms with Gasteiger partial charge in [0.1, 0.15) is 29.7 Å². The van der Waals surface area contributed by atoms with Crippen LogP contribution in [0.2, 0.25) is 0 Å². The first-order chi connectivity index (χ1) is 55.7. The van der Waals surface area contributed by atoms with Crippen LogP contribution in [0.3, 0.4) is 0 Å². The molecule has 0 aromatic heterocycles. The molecular weight excluding hydrogens is 1570 g/mol. The molecule has 6 saturated heterocycles. The number of cyclic esters (lactones) is 2. The maximum absolute atomic E-state index is 16.7. The number of methoxy groups -OCH3 is 2. The minimum Gasteiger partial charge on any atom is -0.458 e. The van der Waals surface area contributed by atoms with Gasteiger partial charge in [-0.2, -0.15) is 0 Å². The van der Waals surface area contributed by atoms with Crippen molar-refractivity contribution in [3.05, 3.63) is 87.1 Å². The quantitative estimate of drug-likeness (QED) is 0.0138. The summed E-state index contributed by atoms with van der Waals surface area (Å²) in [6.07, 6.45) is -3.10. The van der Waals surface area contributed by atoms with Gasteiger partial charge in [-0.25, -0.2) is 27.2 Å². The highest BCUT2D eigenvalue weighted by atomic mass is 32.2. The van der Waals surface area contributed by atoms with Crippen molar-refractivity contribution < 1.29 is 103 Å². The molecule has 2 aromatic carbocycles. The van der Waals surface area contributed by atoms with Crippen LogP contribution in [0.15, 0.2) is 75.8 Å². The second-order valence-corrected chi connectivity index (χ2v) is 36.6. The van der Waals surface area contributed by atoms with E-state index in [9.17, 15) is 51.3 Å². The minimum absolute atomic E-state index is 0.0524. The number of ether oxygens (including phenoxy) is 10. The lowest BCUT2D eigenvalue weighted by Gasteiger charge is -2.48. The summed E-state index contributed by atoms with van der Waals surface area (Å²) in [7, 11) is 6.90. The lowest BCUT2D eigenvalue weighted by atomic mass is 9.73. The highest BCUT2D eigenvalue weighted by Crippen LogP contribution is 2.47. The Morgan fingerprint density at radius 2 is 0.958 bits per heavy atom. The summed E-state index contributed by atoms with van der Waals surface area (Å²) >= 11 is 0. The number of carbonyl (C=O) groups excluding carboxylic acids is 8. The van der Waals surface area contributed by atoms with E-state index in [-0.39, 0.29) is 116 Å². The Balaban J connectivity index is 0.000000305. The zero-order valence-electron chi connectivity index (χ0n) is 74.3. The number of amides is 2. The first-order valence-electron chi connectivity index (χ1n) is 41.8. The van der Waals surface area contributed by atoms with E-state index >= 15 is 4.39 Å². The molecule has 0 N–H and O–H groups in total. The van der Waals surface area contributed by atoms with Gasteiger partial charge >= 0.3 is 24.1 Å². The van der Waals surface area contributed by atoms with E-state index in [1.54, 1.807) is 104 Å². The number of hydrogen-bond donors (Lipinski definition) is 0. The van der Waals surface area contributed by atoms with Crippen molar-refractivity contribution >= 4 is 57.3 Å². The van der Waals surface area contributed by atoms with Crippen molar-refractivity contribution in [1.82, 2.24) is 24.1 Å². The number of hydrogen-bond acceptors (Lipinski definition) is 24. The number of sulfonamides is 1. The number of ketones is 4. The third kappa shape index (κ3) is 23.3. The average molecular weight is 1700 g/mol. The topological polar surface area (TPSA) is 377 Å². The van der Waals surface area contributed by atoms with Crippen LogP contribution in [0.4, 0.5) is 18.5 Å². The van der Waals surface area contributed by atoms with Crippen LogP contribution in [0.25, 0.3) is 20.9 Å². The van der Waals surface area contributed by atoms with Crippen LogP contribution in [-0.2, 0) is 92.7 Å². The Kier molecular flexibility index (Phi) is 36.4. The first-order valence-corrected chi connectivity index (χ1v) is 43.2. The van der Waals surface area contributed by atoms with E-state index in [1.807, 2.05) is 69.7 Å². The SMILES string of the molecule is CC[C@H]1OC(=O)[C@@](C)(F)C(=O)[C@H](C)[C@@H](OC2OC(C)CC(N(C)C)C2C)[C@@](C)(OC)C[C@@H](C)C(=O)[C@H](C)[C@H]2N(CCCCN=[N+]=[N-])C(=O)O[C@]12C.CC[C@H]1OC(=O)[C@H](C)C(=O)[C@H](C)[C@@H](OC2OC(C)CC(N(C)C)C2C)[C@@](C)(OC)C[C@@H](C)C(=O)[C@H](C)[C@H]2N(CCCCN=[N+]=[N-])C(=O)O[C@]12C.O=S(=O)(c1ccccc1)N(F)Cc1ccccc1. The lowest BCUT2D eigenvalue weighted by molar-refractivity contribution is -0.281. The Morgan fingerprint density at radius 1 is 0.563 bits per heavy atom. The fourth-order valence-electron chi connectivity index (χ4n) is 18.6. The second-order valence-electron chi connectivity index (χ2n) is 34.8. The number of esters is 2. The third-order valence-electron chi connectivity index (χ3n) is 25.5. The molecule has 119 heavy (non-hydrogen) atoms. The molecule has 0 aliphatic carbocycles. The van der Waals surface area contributed by atoms with Gasteiger partial charge in [0.2, 0.25) is 0 Å². The molecule has 6 aliphatic heterocycles. The number of fused-ring (bicyclic) bond motifs is 2. The van der Waals surface area contributed by atoms with Crippen molar-refractivity contribution in [3.8, 4) is 0 Å². The molecule has 0 bridgehead atoms. The van der Waals surface area contributed by atoms with Gasteiger partial charge < -0.3 is 67.0 Å². The third-order valence-corrected chi connectivity index (χ3v) is 27.0. The number of benzene rings is 2. The molecule has 8 unspecified atom stereocenters. The molecule has 6 heterocycles. The van der Waals surface area contributed by atoms with Crippen molar-refractivity contribution in [3.63, 3.8) is 0 Å². The molecule has 668 valence electrons. The summed E-state index contributed by atoms with van der Waals surface area (Å²) in [5.74, 6) is -10.3.